The van der Waals surface area contributed by atoms with Crippen LogP contribution in [0.15, 0.2) is 16.9 Å². The van der Waals surface area contributed by atoms with E-state index in [1.807, 2.05) is 40.7 Å². The zero-order valence-electron chi connectivity index (χ0n) is 11.0. The van der Waals surface area contributed by atoms with Crippen molar-refractivity contribution >= 4 is 12.6 Å². The topological polar surface area (TPSA) is 51.3 Å². The number of H-pyrrole nitrogens is 1. The smallest absolute Gasteiger partial charge is 0.399 e. The highest BCUT2D eigenvalue weighted by Crippen LogP contribution is 2.36. The van der Waals surface area contributed by atoms with E-state index in [2.05, 4.69) is 4.98 Å². The van der Waals surface area contributed by atoms with Crippen LogP contribution in [0.25, 0.3) is 0 Å². The van der Waals surface area contributed by atoms with Crippen LogP contribution in [0.3, 0.4) is 0 Å². The zero-order valence-corrected chi connectivity index (χ0v) is 11.0. The van der Waals surface area contributed by atoms with E-state index in [4.69, 9.17) is 9.31 Å². The summed E-state index contributed by atoms with van der Waals surface area (Å²) >= 11 is 0. The van der Waals surface area contributed by atoms with Crippen LogP contribution in [-0.2, 0) is 9.31 Å². The summed E-state index contributed by atoms with van der Waals surface area (Å²) in [6, 6.07) is 3.40. The van der Waals surface area contributed by atoms with Crippen molar-refractivity contribution in [3.05, 3.63) is 28.2 Å². The first-order valence-corrected chi connectivity index (χ1v) is 5.78. The van der Waals surface area contributed by atoms with E-state index in [0.29, 0.717) is 0 Å². The van der Waals surface area contributed by atoms with Gasteiger partial charge in [0.25, 0.3) is 0 Å². The Kier molecular flexibility index (Phi) is 2.71. The average Bonchev–Trinajstić information content (AvgIpc) is 2.34. The van der Waals surface area contributed by atoms with E-state index in [1.54, 1.807) is 0 Å². The monoisotopic (exact) mass is 235 g/mol. The Morgan fingerprint density at radius 1 is 1.12 bits per heavy atom. The van der Waals surface area contributed by atoms with E-state index in [9.17, 15) is 4.79 Å². The maximum Gasteiger partial charge on any atom is 0.495 e. The van der Waals surface area contributed by atoms with Gasteiger partial charge in [-0.15, -0.1) is 0 Å². The summed E-state index contributed by atoms with van der Waals surface area (Å²) in [5.74, 6) is 0. The molecule has 4 nitrogen and oxygen atoms in total. The maximum atomic E-state index is 11.4. The molecular formula is C12H18BNO3. The molecule has 0 saturated carbocycles. The van der Waals surface area contributed by atoms with Crippen LogP contribution in [0.2, 0.25) is 0 Å². The van der Waals surface area contributed by atoms with Gasteiger partial charge in [0.1, 0.15) is 0 Å². The normalized spacial score (nSPS) is 21.8. The summed E-state index contributed by atoms with van der Waals surface area (Å²) in [6.07, 6.45) is 0. The van der Waals surface area contributed by atoms with Gasteiger partial charge in [-0.3, -0.25) is 4.79 Å². The van der Waals surface area contributed by atoms with Crippen LogP contribution < -0.4 is 11.0 Å². The van der Waals surface area contributed by atoms with Crippen molar-refractivity contribution in [2.45, 2.75) is 45.8 Å². The third-order valence-electron chi connectivity index (χ3n) is 3.53. The average molecular weight is 235 g/mol. The standard InChI is InChI=1S/C12H18BNO3/c1-8-6-9(7-10(15)14-8)13-16-11(2,3)12(4,5)17-13/h6-7H,1-5H3,(H,14,15). The molecule has 1 aliphatic rings. The minimum absolute atomic E-state index is 0.130. The van der Waals surface area contributed by atoms with Crippen molar-refractivity contribution in [2.24, 2.45) is 0 Å². The fraction of sp³-hybridized carbons (Fsp3) is 0.583. The van der Waals surface area contributed by atoms with Crippen LogP contribution in [-0.4, -0.2) is 23.3 Å². The van der Waals surface area contributed by atoms with Crippen molar-refractivity contribution < 1.29 is 9.31 Å². The van der Waals surface area contributed by atoms with Crippen LogP contribution in [0, 0.1) is 6.92 Å². The number of pyridine rings is 1. The highest BCUT2D eigenvalue weighted by atomic mass is 16.7. The van der Waals surface area contributed by atoms with Crippen LogP contribution in [0.5, 0.6) is 0 Å². The number of hydrogen-bond donors (Lipinski definition) is 1. The van der Waals surface area contributed by atoms with Gasteiger partial charge in [0.2, 0.25) is 5.56 Å². The van der Waals surface area contributed by atoms with Gasteiger partial charge in [0, 0.05) is 11.8 Å². The van der Waals surface area contributed by atoms with E-state index < -0.39 is 7.12 Å². The molecule has 2 rings (SSSR count). The molecule has 2 heterocycles. The van der Waals surface area contributed by atoms with Crippen molar-refractivity contribution in [3.63, 3.8) is 0 Å². The van der Waals surface area contributed by atoms with E-state index in [0.717, 1.165) is 11.2 Å². The third-order valence-corrected chi connectivity index (χ3v) is 3.53. The molecule has 0 aromatic carbocycles. The van der Waals surface area contributed by atoms with Gasteiger partial charge in [0.05, 0.1) is 11.2 Å². The Hall–Kier alpha value is -1.07. The van der Waals surface area contributed by atoms with Crippen molar-refractivity contribution in [2.75, 3.05) is 0 Å². The number of aryl methyl sites for hydroxylation is 1. The maximum absolute atomic E-state index is 11.4. The van der Waals surface area contributed by atoms with Crippen molar-refractivity contribution in [3.8, 4) is 0 Å². The fourth-order valence-electron chi connectivity index (χ4n) is 1.82. The van der Waals surface area contributed by atoms with E-state index >= 15 is 0 Å². The molecule has 0 radical (unpaired) electrons. The van der Waals surface area contributed by atoms with Gasteiger partial charge in [-0.05, 0) is 46.1 Å². The van der Waals surface area contributed by atoms with E-state index in [1.165, 1.54) is 6.07 Å². The van der Waals surface area contributed by atoms with Gasteiger partial charge in [-0.25, -0.2) is 0 Å². The molecule has 5 heteroatoms. The molecule has 0 atom stereocenters. The lowest BCUT2D eigenvalue weighted by atomic mass is 9.79. The van der Waals surface area contributed by atoms with Gasteiger partial charge < -0.3 is 14.3 Å². The van der Waals surface area contributed by atoms with Crippen LogP contribution >= 0.6 is 0 Å². The lowest BCUT2D eigenvalue weighted by molar-refractivity contribution is 0.00578. The molecule has 1 fully saturated rings. The molecule has 17 heavy (non-hydrogen) atoms. The predicted molar refractivity (Wildman–Crippen MR) is 67.5 cm³/mol. The Labute approximate surface area is 101 Å². The number of hydrogen-bond acceptors (Lipinski definition) is 3. The molecular weight excluding hydrogens is 217 g/mol. The summed E-state index contributed by atoms with van der Waals surface area (Å²) in [6.45, 7) is 9.82. The summed E-state index contributed by atoms with van der Waals surface area (Å²) in [5, 5.41) is 0. The zero-order chi connectivity index (χ0) is 12.8. The second kappa shape index (κ2) is 3.72. The molecule has 0 unspecified atom stereocenters. The summed E-state index contributed by atoms with van der Waals surface area (Å²) < 4.78 is 11.8. The Morgan fingerprint density at radius 2 is 1.65 bits per heavy atom. The quantitative estimate of drug-likeness (QED) is 0.738. The van der Waals surface area contributed by atoms with Gasteiger partial charge >= 0.3 is 7.12 Å². The first kappa shape index (κ1) is 12.4. The summed E-state index contributed by atoms with van der Waals surface area (Å²) in [4.78, 5) is 14.1. The lowest BCUT2D eigenvalue weighted by Crippen LogP contribution is -2.41. The second-order valence-electron chi connectivity index (χ2n) is 5.55. The third kappa shape index (κ3) is 2.17. The molecule has 0 aliphatic carbocycles. The number of rotatable bonds is 1. The second-order valence-corrected chi connectivity index (χ2v) is 5.55. The molecule has 0 amide bonds. The van der Waals surface area contributed by atoms with E-state index in [-0.39, 0.29) is 16.8 Å². The minimum atomic E-state index is -0.471. The SMILES string of the molecule is Cc1cc(B2OC(C)(C)C(C)(C)O2)cc(=O)[nH]1. The number of aromatic amines is 1. The molecule has 1 saturated heterocycles. The Morgan fingerprint density at radius 3 is 2.12 bits per heavy atom. The van der Waals surface area contributed by atoms with Gasteiger partial charge in [-0.2, -0.15) is 0 Å². The summed E-state index contributed by atoms with van der Waals surface area (Å²) in [5.41, 5.74) is 0.685. The fourth-order valence-corrected chi connectivity index (χ4v) is 1.82. The lowest BCUT2D eigenvalue weighted by Gasteiger charge is -2.32. The Balaban J connectivity index is 2.35. The number of aromatic nitrogens is 1. The van der Waals surface area contributed by atoms with Crippen molar-refractivity contribution in [1.29, 1.82) is 0 Å². The first-order valence-electron chi connectivity index (χ1n) is 5.78. The molecule has 1 aromatic heterocycles. The largest absolute Gasteiger partial charge is 0.495 e. The predicted octanol–water partition coefficient (Wildman–Crippen LogP) is 0.983. The van der Waals surface area contributed by atoms with Gasteiger partial charge in [0.15, 0.2) is 0 Å². The van der Waals surface area contributed by atoms with Crippen LogP contribution in [0.4, 0.5) is 0 Å². The Bertz CT molecular complexity index is 477. The first-order chi connectivity index (χ1) is 7.71. The molecule has 1 aromatic rings. The summed E-state index contributed by atoms with van der Waals surface area (Å²) in [7, 11) is -0.471. The highest BCUT2D eigenvalue weighted by molar-refractivity contribution is 6.62. The number of nitrogens with one attached hydrogen (secondary N) is 1. The minimum Gasteiger partial charge on any atom is -0.399 e. The van der Waals surface area contributed by atoms with Crippen LogP contribution in [0.1, 0.15) is 33.4 Å². The molecule has 1 N–H and O–H groups in total. The highest BCUT2D eigenvalue weighted by Gasteiger charge is 2.51. The van der Waals surface area contributed by atoms with Crippen molar-refractivity contribution in [1.82, 2.24) is 4.98 Å². The molecule has 0 bridgehead atoms. The molecule has 0 spiro atoms. The molecule has 92 valence electrons. The molecule has 1 aliphatic heterocycles. The van der Waals surface area contributed by atoms with Gasteiger partial charge in [-0.1, -0.05) is 0 Å².